The number of nitrogens with zero attached hydrogens (tertiary/aromatic N) is 2. The Labute approximate surface area is 226 Å². The van der Waals surface area contributed by atoms with Crippen molar-refractivity contribution >= 4 is 13.6 Å². The highest BCUT2D eigenvalue weighted by Gasteiger charge is 2.51. The number of hydrogen-bond donors (Lipinski definition) is 0. The highest BCUT2D eigenvalue weighted by Crippen LogP contribution is 2.55. The van der Waals surface area contributed by atoms with Gasteiger partial charge in [-0.3, -0.25) is 9.36 Å². The van der Waals surface area contributed by atoms with E-state index in [0.717, 1.165) is 37.0 Å². The molecule has 212 valence electrons. The predicted molar refractivity (Wildman–Crippen MR) is 145 cm³/mol. The first-order valence-electron chi connectivity index (χ1n) is 13.8. The summed E-state index contributed by atoms with van der Waals surface area (Å²) in [7, 11) is -3.84. The van der Waals surface area contributed by atoms with E-state index in [2.05, 4.69) is 22.3 Å². The molecule has 10 heteroatoms. The van der Waals surface area contributed by atoms with Gasteiger partial charge in [0.1, 0.15) is 11.4 Å². The van der Waals surface area contributed by atoms with Crippen molar-refractivity contribution in [2.75, 3.05) is 13.2 Å². The molecule has 0 saturated heterocycles. The molecule has 1 heterocycles. The first-order chi connectivity index (χ1) is 18.1. The largest absolute Gasteiger partial charge is 0.490 e. The third kappa shape index (κ3) is 7.25. The molecular formula is C28H43N2O7P. The van der Waals surface area contributed by atoms with Crippen LogP contribution in [0.25, 0.3) is 0 Å². The average molecular weight is 551 g/mol. The fourth-order valence-corrected chi connectivity index (χ4v) is 6.11. The molecule has 0 N–H and O–H groups in total. The topological polar surface area (TPSA) is 110 Å². The molecule has 2 aliphatic carbocycles. The Balaban J connectivity index is 0.00000195. The lowest BCUT2D eigenvalue weighted by Crippen LogP contribution is -2.34. The molecule has 0 amide bonds. The standard InChI is InChI=1S/C26H37N2O7P.C2H6/c1-6-31-36(30,32-7-2)21(23(29)34-25(3,4)5)17-22-27-24(28-35-22)26(15-16-26)18-11-13-20(14-12-18)33-19-9-8-10-19;1-2/h11-14,19,21H,6-10,15-17H2,1-5H3;1-2H3. The summed E-state index contributed by atoms with van der Waals surface area (Å²) in [5, 5.41) is 4.24. The maximum atomic E-state index is 13.6. The number of ether oxygens (including phenoxy) is 2. The van der Waals surface area contributed by atoms with Crippen LogP contribution in [0.2, 0.25) is 0 Å². The number of benzene rings is 1. The molecule has 2 saturated carbocycles. The predicted octanol–water partition coefficient (Wildman–Crippen LogP) is 6.63. The van der Waals surface area contributed by atoms with E-state index >= 15 is 0 Å². The van der Waals surface area contributed by atoms with E-state index in [1.165, 1.54) is 6.42 Å². The minimum Gasteiger partial charge on any atom is -0.490 e. The molecule has 0 bridgehead atoms. The average Bonchev–Trinajstić information content (AvgIpc) is 3.51. The van der Waals surface area contributed by atoms with Gasteiger partial charge in [-0.2, -0.15) is 4.98 Å². The molecule has 2 aromatic rings. The Bertz CT molecular complexity index is 1080. The van der Waals surface area contributed by atoms with E-state index in [1.807, 2.05) is 26.0 Å². The third-order valence-electron chi connectivity index (χ3n) is 6.45. The Morgan fingerprint density at radius 1 is 1.11 bits per heavy atom. The van der Waals surface area contributed by atoms with Gasteiger partial charge >= 0.3 is 13.6 Å². The number of rotatable bonds is 12. The number of hydrogen-bond acceptors (Lipinski definition) is 9. The van der Waals surface area contributed by atoms with Crippen molar-refractivity contribution in [3.05, 3.63) is 41.5 Å². The van der Waals surface area contributed by atoms with Crippen molar-refractivity contribution in [2.24, 2.45) is 0 Å². The summed E-state index contributed by atoms with van der Waals surface area (Å²) >= 11 is 0. The van der Waals surface area contributed by atoms with Crippen molar-refractivity contribution in [1.82, 2.24) is 10.1 Å². The summed E-state index contributed by atoms with van der Waals surface area (Å²) < 4.78 is 41.6. The smallest absolute Gasteiger partial charge is 0.345 e. The molecule has 0 aliphatic heterocycles. The summed E-state index contributed by atoms with van der Waals surface area (Å²) in [4.78, 5) is 17.7. The Morgan fingerprint density at radius 2 is 1.71 bits per heavy atom. The lowest BCUT2D eigenvalue weighted by molar-refractivity contribution is -0.154. The van der Waals surface area contributed by atoms with Crippen molar-refractivity contribution in [3.63, 3.8) is 0 Å². The molecule has 1 aromatic heterocycles. The number of carbonyl (C=O) groups is 1. The van der Waals surface area contributed by atoms with Gasteiger partial charge in [0.2, 0.25) is 5.89 Å². The van der Waals surface area contributed by atoms with Crippen molar-refractivity contribution < 1.29 is 32.4 Å². The van der Waals surface area contributed by atoms with Crippen molar-refractivity contribution in [3.8, 4) is 5.75 Å². The van der Waals surface area contributed by atoms with Crippen molar-refractivity contribution in [1.29, 1.82) is 0 Å². The maximum absolute atomic E-state index is 13.6. The van der Waals surface area contributed by atoms with Crippen LogP contribution < -0.4 is 4.74 Å². The Morgan fingerprint density at radius 3 is 2.18 bits per heavy atom. The van der Waals surface area contributed by atoms with E-state index in [1.54, 1.807) is 34.6 Å². The van der Waals surface area contributed by atoms with Gasteiger partial charge in [0.05, 0.1) is 31.2 Å². The second kappa shape index (κ2) is 12.8. The van der Waals surface area contributed by atoms with Gasteiger partial charge in [-0.1, -0.05) is 31.1 Å². The molecule has 1 unspecified atom stereocenters. The van der Waals surface area contributed by atoms with Gasteiger partial charge in [0.15, 0.2) is 11.5 Å². The molecule has 1 aromatic carbocycles. The van der Waals surface area contributed by atoms with E-state index in [4.69, 9.17) is 23.0 Å². The molecule has 9 nitrogen and oxygen atoms in total. The van der Waals surface area contributed by atoms with Crippen LogP contribution in [-0.4, -0.2) is 46.7 Å². The van der Waals surface area contributed by atoms with Crippen molar-refractivity contribution in [2.45, 2.75) is 110 Å². The minimum absolute atomic E-state index is 0.108. The molecule has 38 heavy (non-hydrogen) atoms. The summed E-state index contributed by atoms with van der Waals surface area (Å²) in [6, 6.07) is 8.10. The third-order valence-corrected chi connectivity index (χ3v) is 8.85. The van der Waals surface area contributed by atoms with Crippen LogP contribution in [-0.2, 0) is 35.0 Å². The van der Waals surface area contributed by atoms with Crippen LogP contribution in [0, 0.1) is 0 Å². The quantitative estimate of drug-likeness (QED) is 0.212. The second-order valence-corrected chi connectivity index (χ2v) is 12.6. The van der Waals surface area contributed by atoms with Gasteiger partial charge < -0.3 is 23.0 Å². The van der Waals surface area contributed by atoms with Gasteiger partial charge in [-0.25, -0.2) is 0 Å². The van der Waals surface area contributed by atoms with E-state index in [-0.39, 0.29) is 30.9 Å². The fraction of sp³-hybridized carbons (Fsp3) is 0.679. The second-order valence-electron chi connectivity index (χ2n) is 10.4. The Hall–Kier alpha value is -2.22. The zero-order valence-corrected chi connectivity index (χ0v) is 24.7. The lowest BCUT2D eigenvalue weighted by atomic mass is 9.94. The zero-order valence-electron chi connectivity index (χ0n) is 23.8. The zero-order chi connectivity index (χ0) is 28.0. The molecule has 0 radical (unpaired) electrons. The normalized spacial score (nSPS) is 17.6. The van der Waals surface area contributed by atoms with Gasteiger partial charge in [-0.05, 0) is 84.4 Å². The Kier molecular flexibility index (Phi) is 10.2. The van der Waals surface area contributed by atoms with E-state index in [0.29, 0.717) is 11.9 Å². The summed E-state index contributed by atoms with van der Waals surface area (Å²) in [6.07, 6.45) is 5.45. The van der Waals surface area contributed by atoms with Crippen LogP contribution in [0.4, 0.5) is 0 Å². The first kappa shape index (κ1) is 30.3. The highest BCUT2D eigenvalue weighted by atomic mass is 31.2. The molecule has 0 spiro atoms. The van der Waals surface area contributed by atoms with Gasteiger partial charge in [0.25, 0.3) is 0 Å². The number of esters is 1. The molecule has 1 atom stereocenters. The van der Waals surface area contributed by atoms with E-state index in [9.17, 15) is 9.36 Å². The van der Waals surface area contributed by atoms with Crippen LogP contribution in [0.15, 0.2) is 28.8 Å². The maximum Gasteiger partial charge on any atom is 0.345 e. The lowest BCUT2D eigenvalue weighted by Gasteiger charge is -2.27. The minimum atomic E-state index is -3.84. The summed E-state index contributed by atoms with van der Waals surface area (Å²) in [5.74, 6) is 0.930. The summed E-state index contributed by atoms with van der Waals surface area (Å²) in [6.45, 7) is 12.9. The molecule has 2 fully saturated rings. The molecule has 2 aliphatic rings. The van der Waals surface area contributed by atoms with Crippen LogP contribution in [0.5, 0.6) is 5.75 Å². The van der Waals surface area contributed by atoms with E-state index < -0.39 is 24.8 Å². The monoisotopic (exact) mass is 550 g/mol. The first-order valence-corrected chi connectivity index (χ1v) is 15.4. The fourth-order valence-electron chi connectivity index (χ4n) is 4.27. The van der Waals surface area contributed by atoms with Gasteiger partial charge in [-0.15, -0.1) is 0 Å². The molecule has 4 rings (SSSR count). The van der Waals surface area contributed by atoms with Gasteiger partial charge in [0, 0.05) is 0 Å². The SMILES string of the molecule is CC.CCOP(=O)(OCC)C(Cc1nc(C2(c3ccc(OC4CCC4)cc3)CC2)no1)C(=O)OC(C)(C)C. The highest BCUT2D eigenvalue weighted by molar-refractivity contribution is 7.55. The van der Waals surface area contributed by atoms with Crippen LogP contribution >= 0.6 is 7.60 Å². The van der Waals surface area contributed by atoms with Crippen LogP contribution in [0.3, 0.4) is 0 Å². The molecular weight excluding hydrogens is 507 g/mol. The summed E-state index contributed by atoms with van der Waals surface area (Å²) in [5.41, 5.74) is -1.23. The number of carbonyl (C=O) groups excluding carboxylic acids is 1. The van der Waals surface area contributed by atoms with Crippen LogP contribution in [0.1, 0.15) is 97.8 Å². The number of aromatic nitrogens is 2.